The normalized spacial score (nSPS) is 12.0. The van der Waals surface area contributed by atoms with Crippen molar-refractivity contribution in [1.82, 2.24) is 0 Å². The summed E-state index contributed by atoms with van der Waals surface area (Å²) in [6, 6.07) is 6.58. The molecule has 1 amide bonds. The minimum absolute atomic E-state index is 0.318. The smallest absolute Gasteiger partial charge is 0.244 e. The number of amides is 1. The summed E-state index contributed by atoms with van der Waals surface area (Å²) in [6.07, 6.45) is 2.05. The lowest BCUT2D eigenvalue weighted by Crippen LogP contribution is -2.50. The van der Waals surface area contributed by atoms with Gasteiger partial charge in [0.05, 0.1) is 23.2 Å². The SMILES string of the molecule is CCC(N)(CC)C(=O)Nc1ccccc1NS(C)(=O)=O. The van der Waals surface area contributed by atoms with Crippen molar-refractivity contribution in [3.63, 3.8) is 0 Å². The maximum absolute atomic E-state index is 12.2. The molecule has 1 aromatic rings. The molecule has 112 valence electrons. The van der Waals surface area contributed by atoms with E-state index in [0.29, 0.717) is 24.2 Å². The number of rotatable bonds is 6. The Morgan fingerprint density at radius 1 is 1.20 bits per heavy atom. The van der Waals surface area contributed by atoms with Crippen LogP contribution in [0.5, 0.6) is 0 Å². The van der Waals surface area contributed by atoms with Gasteiger partial charge in [0, 0.05) is 0 Å². The van der Waals surface area contributed by atoms with Crippen LogP contribution in [-0.2, 0) is 14.8 Å². The molecule has 0 aliphatic rings. The minimum atomic E-state index is -3.41. The van der Waals surface area contributed by atoms with E-state index < -0.39 is 15.6 Å². The molecule has 6 nitrogen and oxygen atoms in total. The number of anilines is 2. The predicted molar refractivity (Wildman–Crippen MR) is 81.0 cm³/mol. The van der Waals surface area contributed by atoms with Crippen molar-refractivity contribution in [2.75, 3.05) is 16.3 Å². The van der Waals surface area contributed by atoms with Crippen molar-refractivity contribution >= 4 is 27.3 Å². The summed E-state index contributed by atoms with van der Waals surface area (Å²) in [5, 5.41) is 2.68. The van der Waals surface area contributed by atoms with Gasteiger partial charge in [-0.2, -0.15) is 0 Å². The molecule has 0 spiro atoms. The molecule has 1 rings (SSSR count). The van der Waals surface area contributed by atoms with Gasteiger partial charge in [-0.15, -0.1) is 0 Å². The molecule has 0 aliphatic heterocycles. The topological polar surface area (TPSA) is 101 Å². The van der Waals surface area contributed by atoms with E-state index in [1.807, 2.05) is 13.8 Å². The van der Waals surface area contributed by atoms with Gasteiger partial charge >= 0.3 is 0 Å². The average Bonchev–Trinajstić information content (AvgIpc) is 2.38. The molecule has 0 unspecified atom stereocenters. The van der Waals surface area contributed by atoms with Gasteiger partial charge in [-0.05, 0) is 25.0 Å². The zero-order chi connectivity index (χ0) is 15.4. The van der Waals surface area contributed by atoms with Crippen LogP contribution in [-0.4, -0.2) is 26.1 Å². The van der Waals surface area contributed by atoms with Crippen molar-refractivity contribution in [3.8, 4) is 0 Å². The van der Waals surface area contributed by atoms with E-state index in [0.717, 1.165) is 6.26 Å². The second-order valence-corrected chi connectivity index (χ2v) is 6.49. The Labute approximate surface area is 119 Å². The van der Waals surface area contributed by atoms with Gasteiger partial charge in [-0.25, -0.2) is 8.42 Å². The van der Waals surface area contributed by atoms with Crippen LogP contribution in [0, 0.1) is 0 Å². The van der Waals surface area contributed by atoms with Crippen LogP contribution in [0.1, 0.15) is 26.7 Å². The lowest BCUT2D eigenvalue weighted by Gasteiger charge is -2.25. The standard InChI is InChI=1S/C13H21N3O3S/c1-4-13(14,5-2)12(17)15-10-8-6-7-9-11(10)16-20(3,18)19/h6-9,16H,4-5,14H2,1-3H3,(H,15,17). The second-order valence-electron chi connectivity index (χ2n) is 4.74. The van der Waals surface area contributed by atoms with Crippen LogP contribution in [0.3, 0.4) is 0 Å². The number of hydrogen-bond acceptors (Lipinski definition) is 4. The van der Waals surface area contributed by atoms with E-state index in [1.54, 1.807) is 24.3 Å². The molecule has 4 N–H and O–H groups in total. The van der Waals surface area contributed by atoms with Gasteiger partial charge in [0.25, 0.3) is 0 Å². The van der Waals surface area contributed by atoms with Gasteiger partial charge in [0.15, 0.2) is 0 Å². The average molecular weight is 299 g/mol. The molecule has 7 heteroatoms. The van der Waals surface area contributed by atoms with Crippen molar-refractivity contribution in [3.05, 3.63) is 24.3 Å². The highest BCUT2D eigenvalue weighted by Crippen LogP contribution is 2.24. The molecule has 0 radical (unpaired) electrons. The van der Waals surface area contributed by atoms with Crippen LogP contribution < -0.4 is 15.8 Å². The van der Waals surface area contributed by atoms with Crippen LogP contribution in [0.4, 0.5) is 11.4 Å². The lowest BCUT2D eigenvalue weighted by atomic mass is 9.93. The Balaban J connectivity index is 3.01. The first-order chi connectivity index (χ1) is 9.22. The fourth-order valence-corrected chi connectivity index (χ4v) is 2.28. The number of carbonyl (C=O) groups is 1. The minimum Gasteiger partial charge on any atom is -0.323 e. The van der Waals surface area contributed by atoms with Crippen LogP contribution >= 0.6 is 0 Å². The Hall–Kier alpha value is -1.60. The largest absolute Gasteiger partial charge is 0.323 e. The number of sulfonamides is 1. The predicted octanol–water partition coefficient (Wildman–Crippen LogP) is 1.51. The molecule has 0 saturated carbocycles. The zero-order valence-corrected chi connectivity index (χ0v) is 12.8. The summed E-state index contributed by atoms with van der Waals surface area (Å²) in [6.45, 7) is 3.67. The molecule has 0 aromatic heterocycles. The number of benzene rings is 1. The van der Waals surface area contributed by atoms with Gasteiger partial charge in [0.2, 0.25) is 15.9 Å². The van der Waals surface area contributed by atoms with Gasteiger partial charge in [-0.3, -0.25) is 9.52 Å². The molecular formula is C13H21N3O3S. The van der Waals surface area contributed by atoms with E-state index in [-0.39, 0.29) is 5.91 Å². The number of nitrogens with two attached hydrogens (primary N) is 1. The molecule has 0 bridgehead atoms. The first kappa shape index (κ1) is 16.5. The van der Waals surface area contributed by atoms with Gasteiger partial charge < -0.3 is 11.1 Å². The highest BCUT2D eigenvalue weighted by atomic mass is 32.2. The number of nitrogens with one attached hydrogen (secondary N) is 2. The third kappa shape index (κ3) is 4.21. The van der Waals surface area contributed by atoms with Crippen LogP contribution in [0.25, 0.3) is 0 Å². The summed E-state index contributed by atoms with van der Waals surface area (Å²) in [7, 11) is -3.41. The lowest BCUT2D eigenvalue weighted by molar-refractivity contribution is -0.121. The summed E-state index contributed by atoms with van der Waals surface area (Å²) in [4.78, 5) is 12.2. The summed E-state index contributed by atoms with van der Waals surface area (Å²) in [5.74, 6) is -0.328. The Morgan fingerprint density at radius 3 is 2.15 bits per heavy atom. The van der Waals surface area contributed by atoms with Gasteiger partial charge in [-0.1, -0.05) is 26.0 Å². The fraction of sp³-hybridized carbons (Fsp3) is 0.462. The van der Waals surface area contributed by atoms with E-state index in [2.05, 4.69) is 10.0 Å². The first-order valence-corrected chi connectivity index (χ1v) is 8.28. The highest BCUT2D eigenvalue weighted by molar-refractivity contribution is 7.92. The van der Waals surface area contributed by atoms with E-state index in [9.17, 15) is 13.2 Å². The number of para-hydroxylation sites is 2. The van der Waals surface area contributed by atoms with E-state index in [4.69, 9.17) is 5.73 Å². The van der Waals surface area contributed by atoms with Crippen molar-refractivity contribution < 1.29 is 13.2 Å². The maximum atomic E-state index is 12.2. The summed E-state index contributed by atoms with van der Waals surface area (Å²) >= 11 is 0. The van der Waals surface area contributed by atoms with Gasteiger partial charge in [0.1, 0.15) is 0 Å². The molecule has 0 saturated heterocycles. The van der Waals surface area contributed by atoms with Crippen molar-refractivity contribution in [2.45, 2.75) is 32.2 Å². The zero-order valence-electron chi connectivity index (χ0n) is 11.9. The molecule has 20 heavy (non-hydrogen) atoms. The number of hydrogen-bond donors (Lipinski definition) is 3. The Morgan fingerprint density at radius 2 is 1.70 bits per heavy atom. The Kier molecular flexibility index (Phi) is 5.13. The van der Waals surface area contributed by atoms with Crippen molar-refractivity contribution in [1.29, 1.82) is 0 Å². The maximum Gasteiger partial charge on any atom is 0.244 e. The molecule has 0 heterocycles. The molecular weight excluding hydrogens is 278 g/mol. The number of carbonyl (C=O) groups excluding carboxylic acids is 1. The Bertz CT molecular complexity index is 580. The molecule has 0 fully saturated rings. The van der Waals surface area contributed by atoms with Crippen molar-refractivity contribution in [2.24, 2.45) is 5.73 Å². The molecule has 0 aliphatic carbocycles. The van der Waals surface area contributed by atoms with E-state index >= 15 is 0 Å². The quantitative estimate of drug-likeness (QED) is 0.741. The second kappa shape index (κ2) is 6.23. The van der Waals surface area contributed by atoms with E-state index in [1.165, 1.54) is 0 Å². The third-order valence-electron chi connectivity index (χ3n) is 3.18. The monoisotopic (exact) mass is 299 g/mol. The molecule has 0 atom stereocenters. The van der Waals surface area contributed by atoms with Crippen LogP contribution in [0.2, 0.25) is 0 Å². The summed E-state index contributed by atoms with van der Waals surface area (Å²) in [5.41, 5.74) is 5.76. The molecule has 1 aromatic carbocycles. The first-order valence-electron chi connectivity index (χ1n) is 6.39. The van der Waals surface area contributed by atoms with Crippen LogP contribution in [0.15, 0.2) is 24.3 Å². The fourth-order valence-electron chi connectivity index (χ4n) is 1.70. The third-order valence-corrected chi connectivity index (χ3v) is 3.78. The summed E-state index contributed by atoms with van der Waals surface area (Å²) < 4.78 is 25.0. The highest BCUT2D eigenvalue weighted by Gasteiger charge is 2.30.